The highest BCUT2D eigenvalue weighted by Crippen LogP contribution is 2.43. The Hall–Kier alpha value is -1.88. The van der Waals surface area contributed by atoms with Gasteiger partial charge in [-0.3, -0.25) is 0 Å². The van der Waals surface area contributed by atoms with Crippen LogP contribution in [-0.4, -0.2) is 41.4 Å². The van der Waals surface area contributed by atoms with Gasteiger partial charge in [0.1, 0.15) is 6.54 Å². The summed E-state index contributed by atoms with van der Waals surface area (Å²) >= 11 is 6.63. The quantitative estimate of drug-likeness (QED) is 0.112. The number of alkyl halides is 1. The summed E-state index contributed by atoms with van der Waals surface area (Å²) in [4.78, 5) is 2.59. The number of quaternary nitrogens is 1. The smallest absolute Gasteiger partial charge is 0.104 e. The molecule has 0 bridgehead atoms. The van der Waals surface area contributed by atoms with E-state index < -0.39 is 0 Å². The standard InChI is InChI=1S/C35H46BrN2.CH3Br/c1-8-38(9-2,24-31-20-27(5)17-28(6)21-31)15-11-10-14-37-29(7)34-23-32(36)12-13-33(34)35(37)22-30-18-25(3)16-26(4)19-30;1-2/h12-13,16-21,23,35H,7-11,14-15,22,24H2,1-6H3;1H3/q+1;. The van der Waals surface area contributed by atoms with E-state index in [9.17, 15) is 0 Å². The minimum absolute atomic E-state index is 0.346. The maximum absolute atomic E-state index is 4.58. The van der Waals surface area contributed by atoms with Crippen LogP contribution in [0.25, 0.3) is 5.70 Å². The fourth-order valence-electron chi connectivity index (χ4n) is 6.62. The van der Waals surface area contributed by atoms with Gasteiger partial charge in [-0.1, -0.05) is 103 Å². The largest absolute Gasteiger partial charge is 0.364 e. The molecule has 3 aromatic rings. The van der Waals surface area contributed by atoms with Crippen LogP contribution in [0.5, 0.6) is 0 Å². The molecular weight excluding hydrogens is 620 g/mol. The third-order valence-electron chi connectivity index (χ3n) is 8.54. The lowest BCUT2D eigenvalue weighted by molar-refractivity contribution is -0.938. The molecule has 0 N–H and O–H groups in total. The Bertz CT molecular complexity index is 1250. The highest BCUT2D eigenvalue weighted by atomic mass is 79.9. The van der Waals surface area contributed by atoms with Gasteiger partial charge in [-0.2, -0.15) is 0 Å². The van der Waals surface area contributed by atoms with Gasteiger partial charge in [-0.25, -0.2) is 0 Å². The molecule has 1 heterocycles. The summed E-state index contributed by atoms with van der Waals surface area (Å²) in [6.07, 6.45) is 3.43. The molecule has 40 heavy (non-hydrogen) atoms. The number of aryl methyl sites for hydroxylation is 4. The number of nitrogens with zero attached hydrogens (tertiary/aromatic N) is 2. The third kappa shape index (κ3) is 8.11. The Labute approximate surface area is 261 Å². The van der Waals surface area contributed by atoms with Crippen LogP contribution in [0, 0.1) is 27.7 Å². The average molecular weight is 670 g/mol. The third-order valence-corrected chi connectivity index (χ3v) is 9.03. The first-order chi connectivity index (χ1) is 19.1. The predicted molar refractivity (Wildman–Crippen MR) is 182 cm³/mol. The van der Waals surface area contributed by atoms with Gasteiger partial charge in [0.25, 0.3) is 0 Å². The van der Waals surface area contributed by atoms with E-state index >= 15 is 0 Å². The molecule has 2 nitrogen and oxygen atoms in total. The summed E-state index contributed by atoms with van der Waals surface area (Å²) in [6, 6.07) is 21.1. The molecule has 4 heteroatoms. The van der Waals surface area contributed by atoms with Crippen molar-refractivity contribution in [3.8, 4) is 0 Å². The van der Waals surface area contributed by atoms with Gasteiger partial charge in [0.15, 0.2) is 0 Å². The number of hydrogen-bond acceptors (Lipinski definition) is 1. The number of fused-ring (bicyclic) bond motifs is 1. The number of halogens is 2. The van der Waals surface area contributed by atoms with E-state index in [0.29, 0.717) is 6.04 Å². The lowest BCUT2D eigenvalue weighted by atomic mass is 9.96. The summed E-state index contributed by atoms with van der Waals surface area (Å²) in [5.41, 5.74) is 12.2. The monoisotopic (exact) mass is 667 g/mol. The summed E-state index contributed by atoms with van der Waals surface area (Å²) in [5, 5.41) is 0. The molecule has 0 saturated carbocycles. The van der Waals surface area contributed by atoms with E-state index in [-0.39, 0.29) is 0 Å². The Morgan fingerprint density at radius 3 is 1.88 bits per heavy atom. The SMILES string of the molecule is C=C1c2cc(Br)ccc2C(Cc2cc(C)cc(C)c2)N1CCCC[N+](CC)(CC)Cc1cc(C)cc(C)c1.CBr. The zero-order valence-electron chi connectivity index (χ0n) is 25.8. The van der Waals surface area contributed by atoms with Crippen molar-refractivity contribution in [1.82, 2.24) is 4.90 Å². The molecule has 0 amide bonds. The molecule has 1 aliphatic heterocycles. The van der Waals surface area contributed by atoms with E-state index in [1.807, 2.05) is 5.83 Å². The highest BCUT2D eigenvalue weighted by molar-refractivity contribution is 9.10. The number of hydrogen-bond donors (Lipinski definition) is 0. The van der Waals surface area contributed by atoms with Crippen molar-refractivity contribution in [2.24, 2.45) is 0 Å². The van der Waals surface area contributed by atoms with Crippen LogP contribution in [0.4, 0.5) is 0 Å². The van der Waals surface area contributed by atoms with E-state index in [0.717, 1.165) is 28.5 Å². The first kappa shape index (κ1) is 32.6. The first-order valence-corrected chi connectivity index (χ1v) is 17.1. The molecule has 0 fully saturated rings. The highest BCUT2D eigenvalue weighted by Gasteiger charge is 2.33. The van der Waals surface area contributed by atoms with Gasteiger partial charge in [-0.05, 0) is 89.9 Å². The van der Waals surface area contributed by atoms with Crippen molar-refractivity contribution >= 4 is 37.6 Å². The molecule has 216 valence electrons. The Morgan fingerprint density at radius 1 is 0.775 bits per heavy atom. The minimum atomic E-state index is 0.346. The molecule has 0 aromatic heterocycles. The summed E-state index contributed by atoms with van der Waals surface area (Å²) in [6.45, 7) is 23.9. The molecule has 1 unspecified atom stereocenters. The number of benzene rings is 3. The Balaban J connectivity index is 0.00000216. The van der Waals surface area contributed by atoms with Crippen molar-refractivity contribution in [3.05, 3.63) is 110 Å². The van der Waals surface area contributed by atoms with Gasteiger partial charge >= 0.3 is 0 Å². The van der Waals surface area contributed by atoms with Crippen LogP contribution in [0.2, 0.25) is 0 Å². The van der Waals surface area contributed by atoms with Crippen LogP contribution in [0.15, 0.2) is 65.6 Å². The molecule has 0 aliphatic carbocycles. The molecular formula is C36H49Br2N2+. The van der Waals surface area contributed by atoms with Crippen molar-refractivity contribution in [3.63, 3.8) is 0 Å². The topological polar surface area (TPSA) is 3.24 Å². The van der Waals surface area contributed by atoms with E-state index in [1.54, 1.807) is 0 Å². The first-order valence-electron chi connectivity index (χ1n) is 14.8. The maximum Gasteiger partial charge on any atom is 0.104 e. The van der Waals surface area contributed by atoms with Gasteiger partial charge in [-0.15, -0.1) is 0 Å². The second-order valence-electron chi connectivity index (χ2n) is 11.6. The van der Waals surface area contributed by atoms with E-state index in [4.69, 9.17) is 0 Å². The maximum atomic E-state index is 4.58. The summed E-state index contributed by atoms with van der Waals surface area (Å²) in [7, 11) is 0. The van der Waals surface area contributed by atoms with E-state index in [1.165, 1.54) is 82.7 Å². The average Bonchev–Trinajstić information content (AvgIpc) is 3.15. The molecule has 0 radical (unpaired) electrons. The van der Waals surface area contributed by atoms with Crippen molar-refractivity contribution in [2.75, 3.05) is 32.0 Å². The zero-order chi connectivity index (χ0) is 29.4. The van der Waals surface area contributed by atoms with Gasteiger partial charge in [0.05, 0.1) is 25.7 Å². The van der Waals surface area contributed by atoms with Crippen molar-refractivity contribution < 1.29 is 4.48 Å². The molecule has 1 aliphatic rings. The fraction of sp³-hybridized carbons (Fsp3) is 0.444. The van der Waals surface area contributed by atoms with Gasteiger partial charge in [0, 0.05) is 27.8 Å². The van der Waals surface area contributed by atoms with Crippen molar-refractivity contribution in [1.29, 1.82) is 0 Å². The van der Waals surface area contributed by atoms with Crippen LogP contribution < -0.4 is 0 Å². The normalized spacial score (nSPS) is 14.7. The van der Waals surface area contributed by atoms with E-state index in [2.05, 4.69) is 139 Å². The van der Waals surface area contributed by atoms with Crippen LogP contribution in [0.3, 0.4) is 0 Å². The lowest BCUT2D eigenvalue weighted by Gasteiger charge is -2.37. The molecule has 0 spiro atoms. The van der Waals surface area contributed by atoms with Crippen LogP contribution in [0.1, 0.15) is 77.2 Å². The fourth-order valence-corrected chi connectivity index (χ4v) is 6.98. The predicted octanol–water partition coefficient (Wildman–Crippen LogP) is 10.1. The lowest BCUT2D eigenvalue weighted by Crippen LogP contribution is -2.47. The Kier molecular flexibility index (Phi) is 12.1. The zero-order valence-corrected chi connectivity index (χ0v) is 29.0. The van der Waals surface area contributed by atoms with Crippen LogP contribution >= 0.6 is 31.9 Å². The molecule has 4 rings (SSSR count). The van der Waals surface area contributed by atoms with Crippen LogP contribution in [-0.2, 0) is 13.0 Å². The second-order valence-corrected chi connectivity index (χ2v) is 12.6. The van der Waals surface area contributed by atoms with Gasteiger partial charge < -0.3 is 9.38 Å². The Morgan fingerprint density at radius 2 is 1.32 bits per heavy atom. The second kappa shape index (κ2) is 14.8. The number of rotatable bonds is 11. The summed E-state index contributed by atoms with van der Waals surface area (Å²) < 4.78 is 2.28. The minimum Gasteiger partial charge on any atom is -0.364 e. The molecule has 1 atom stereocenters. The van der Waals surface area contributed by atoms with Gasteiger partial charge in [0.2, 0.25) is 0 Å². The van der Waals surface area contributed by atoms with Crippen molar-refractivity contribution in [2.45, 2.75) is 73.4 Å². The summed E-state index contributed by atoms with van der Waals surface area (Å²) in [5.74, 6) is 1.81. The molecule has 0 saturated heterocycles. The number of unbranched alkanes of at least 4 members (excludes halogenated alkanes) is 1. The molecule has 3 aromatic carbocycles.